The number of amides is 1. The van der Waals surface area contributed by atoms with Crippen molar-refractivity contribution in [3.63, 3.8) is 0 Å². The summed E-state index contributed by atoms with van der Waals surface area (Å²) in [6.07, 6.45) is 1.73. The number of ether oxygens (including phenoxy) is 2. The number of carbonyl (C=O) groups excluding carboxylic acids is 1. The van der Waals surface area contributed by atoms with Crippen LogP contribution in [0.25, 0.3) is 0 Å². The van der Waals surface area contributed by atoms with Gasteiger partial charge in [0.25, 0.3) is 5.91 Å². The van der Waals surface area contributed by atoms with E-state index in [9.17, 15) is 9.18 Å². The zero-order valence-corrected chi connectivity index (χ0v) is 15.2. The van der Waals surface area contributed by atoms with Gasteiger partial charge in [-0.1, -0.05) is 0 Å². The summed E-state index contributed by atoms with van der Waals surface area (Å²) in [7, 11) is 1.83. The monoisotopic (exact) mass is 361 g/mol. The molecule has 0 spiro atoms. The number of nitrogens with zero attached hydrogens (tertiary/aromatic N) is 3. The van der Waals surface area contributed by atoms with Crippen LogP contribution in [0.3, 0.4) is 0 Å². The van der Waals surface area contributed by atoms with Crippen molar-refractivity contribution < 1.29 is 18.7 Å². The summed E-state index contributed by atoms with van der Waals surface area (Å²) >= 11 is 0. The number of benzene rings is 1. The maximum absolute atomic E-state index is 12.8. The number of aryl methyl sites for hydroxylation is 2. The van der Waals surface area contributed by atoms with E-state index in [1.165, 1.54) is 12.1 Å². The fourth-order valence-electron chi connectivity index (χ4n) is 2.96. The molecule has 2 aromatic rings. The van der Waals surface area contributed by atoms with Gasteiger partial charge in [0.05, 0.1) is 12.7 Å². The summed E-state index contributed by atoms with van der Waals surface area (Å²) in [5.74, 6) is 0.323. The summed E-state index contributed by atoms with van der Waals surface area (Å²) in [6.45, 7) is 4.14. The standard InChI is InChI=1S/C19H24FN3O3/c1-14-13-18(21-22(14)2)19(24)23-9-7-17(8-10-23)26-12-11-25-16-5-3-15(20)4-6-16/h3-6,13,17H,7-12H2,1-2H3. The molecule has 1 amide bonds. The molecule has 26 heavy (non-hydrogen) atoms. The van der Waals surface area contributed by atoms with Gasteiger partial charge in [-0.3, -0.25) is 9.48 Å². The second kappa shape index (κ2) is 8.31. The topological polar surface area (TPSA) is 56.6 Å². The minimum absolute atomic E-state index is 0.0215. The molecular weight excluding hydrogens is 337 g/mol. The van der Waals surface area contributed by atoms with Crippen LogP contribution < -0.4 is 4.74 Å². The zero-order chi connectivity index (χ0) is 18.5. The lowest BCUT2D eigenvalue weighted by Gasteiger charge is -2.31. The highest BCUT2D eigenvalue weighted by Crippen LogP contribution is 2.17. The van der Waals surface area contributed by atoms with Crippen LogP contribution in [0.5, 0.6) is 5.75 Å². The number of piperidine rings is 1. The van der Waals surface area contributed by atoms with Crippen LogP contribution in [0.15, 0.2) is 30.3 Å². The molecule has 1 aliphatic heterocycles. The van der Waals surface area contributed by atoms with Gasteiger partial charge >= 0.3 is 0 Å². The van der Waals surface area contributed by atoms with E-state index in [1.54, 1.807) is 16.8 Å². The Morgan fingerprint density at radius 2 is 1.92 bits per heavy atom. The third-order valence-corrected chi connectivity index (χ3v) is 4.58. The summed E-state index contributed by atoms with van der Waals surface area (Å²) in [5, 5.41) is 4.25. The summed E-state index contributed by atoms with van der Waals surface area (Å²) in [6, 6.07) is 7.74. The quantitative estimate of drug-likeness (QED) is 0.742. The predicted molar refractivity (Wildman–Crippen MR) is 94.7 cm³/mol. The number of aromatic nitrogens is 2. The third kappa shape index (κ3) is 4.60. The van der Waals surface area contributed by atoms with Crippen LogP contribution in [-0.4, -0.2) is 53.0 Å². The van der Waals surface area contributed by atoms with Gasteiger partial charge < -0.3 is 14.4 Å². The Morgan fingerprint density at radius 3 is 2.54 bits per heavy atom. The van der Waals surface area contributed by atoms with E-state index in [4.69, 9.17) is 9.47 Å². The number of carbonyl (C=O) groups is 1. The van der Waals surface area contributed by atoms with Crippen molar-refractivity contribution in [2.75, 3.05) is 26.3 Å². The molecule has 0 saturated carbocycles. The van der Waals surface area contributed by atoms with Gasteiger partial charge in [-0.25, -0.2) is 4.39 Å². The fourth-order valence-corrected chi connectivity index (χ4v) is 2.96. The van der Waals surface area contributed by atoms with E-state index in [2.05, 4.69) is 5.10 Å². The highest BCUT2D eigenvalue weighted by molar-refractivity contribution is 5.92. The molecule has 3 rings (SSSR count). The van der Waals surface area contributed by atoms with Crippen LogP contribution in [-0.2, 0) is 11.8 Å². The first-order chi connectivity index (χ1) is 12.5. The molecule has 1 saturated heterocycles. The Morgan fingerprint density at radius 1 is 1.23 bits per heavy atom. The van der Waals surface area contributed by atoms with Crippen molar-refractivity contribution in [1.82, 2.24) is 14.7 Å². The molecule has 0 atom stereocenters. The first-order valence-corrected chi connectivity index (χ1v) is 8.83. The minimum Gasteiger partial charge on any atom is -0.491 e. The molecule has 0 radical (unpaired) electrons. The second-order valence-corrected chi connectivity index (χ2v) is 6.46. The van der Waals surface area contributed by atoms with Gasteiger partial charge in [-0.15, -0.1) is 0 Å². The number of likely N-dealkylation sites (tertiary alicyclic amines) is 1. The van der Waals surface area contributed by atoms with E-state index in [1.807, 2.05) is 24.9 Å². The first kappa shape index (κ1) is 18.4. The van der Waals surface area contributed by atoms with Crippen molar-refractivity contribution in [3.8, 4) is 5.75 Å². The maximum Gasteiger partial charge on any atom is 0.274 e. The Bertz CT molecular complexity index is 717. The molecule has 0 N–H and O–H groups in total. The first-order valence-electron chi connectivity index (χ1n) is 8.83. The van der Waals surface area contributed by atoms with Crippen molar-refractivity contribution in [3.05, 3.63) is 47.5 Å². The van der Waals surface area contributed by atoms with Crippen molar-refractivity contribution >= 4 is 5.91 Å². The Kier molecular flexibility index (Phi) is 5.88. The molecule has 2 heterocycles. The fraction of sp³-hybridized carbons (Fsp3) is 0.474. The lowest BCUT2D eigenvalue weighted by Crippen LogP contribution is -2.41. The minimum atomic E-state index is -0.282. The molecule has 7 heteroatoms. The Balaban J connectivity index is 1.37. The van der Waals surface area contributed by atoms with Crippen molar-refractivity contribution in [1.29, 1.82) is 0 Å². The van der Waals surface area contributed by atoms with Crippen LogP contribution in [0, 0.1) is 12.7 Å². The van der Waals surface area contributed by atoms with Gasteiger partial charge in [0.15, 0.2) is 5.69 Å². The molecule has 1 aliphatic rings. The normalized spacial score (nSPS) is 15.3. The van der Waals surface area contributed by atoms with Gasteiger partial charge in [0.2, 0.25) is 0 Å². The SMILES string of the molecule is Cc1cc(C(=O)N2CCC(OCCOc3ccc(F)cc3)CC2)nn1C. The summed E-state index contributed by atoms with van der Waals surface area (Å²) in [5.41, 5.74) is 1.46. The Hall–Kier alpha value is -2.41. The van der Waals surface area contributed by atoms with Crippen molar-refractivity contribution in [2.45, 2.75) is 25.9 Å². The molecule has 6 nitrogen and oxygen atoms in total. The van der Waals surface area contributed by atoms with Gasteiger partial charge in [0.1, 0.15) is 18.2 Å². The number of halogens is 1. The van der Waals surface area contributed by atoms with Crippen LogP contribution >= 0.6 is 0 Å². The smallest absolute Gasteiger partial charge is 0.274 e. The van der Waals surface area contributed by atoms with E-state index in [0.717, 1.165) is 18.5 Å². The van der Waals surface area contributed by atoms with Crippen LogP contribution in [0.2, 0.25) is 0 Å². The van der Waals surface area contributed by atoms with Crippen molar-refractivity contribution in [2.24, 2.45) is 7.05 Å². The Labute approximate surface area is 152 Å². The highest BCUT2D eigenvalue weighted by Gasteiger charge is 2.25. The zero-order valence-electron chi connectivity index (χ0n) is 15.2. The number of hydrogen-bond donors (Lipinski definition) is 0. The van der Waals surface area contributed by atoms with E-state index in [-0.39, 0.29) is 17.8 Å². The molecule has 0 unspecified atom stereocenters. The summed E-state index contributed by atoms with van der Waals surface area (Å²) in [4.78, 5) is 14.3. The molecular formula is C19H24FN3O3. The molecule has 0 bridgehead atoms. The maximum atomic E-state index is 12.8. The lowest BCUT2D eigenvalue weighted by atomic mass is 10.1. The molecule has 1 aromatic carbocycles. The second-order valence-electron chi connectivity index (χ2n) is 6.46. The molecule has 140 valence electrons. The molecule has 1 aromatic heterocycles. The predicted octanol–water partition coefficient (Wildman–Crippen LogP) is 2.57. The van der Waals surface area contributed by atoms with E-state index < -0.39 is 0 Å². The van der Waals surface area contributed by atoms with Gasteiger partial charge in [-0.2, -0.15) is 5.10 Å². The third-order valence-electron chi connectivity index (χ3n) is 4.58. The van der Waals surface area contributed by atoms with Crippen LogP contribution in [0.4, 0.5) is 4.39 Å². The summed E-state index contributed by atoms with van der Waals surface area (Å²) < 4.78 is 25.9. The van der Waals surface area contributed by atoms with Gasteiger partial charge in [-0.05, 0) is 50.1 Å². The lowest BCUT2D eigenvalue weighted by molar-refractivity contribution is -0.00251. The largest absolute Gasteiger partial charge is 0.491 e. The molecule has 1 fully saturated rings. The van der Waals surface area contributed by atoms with Crippen LogP contribution in [0.1, 0.15) is 29.0 Å². The van der Waals surface area contributed by atoms with Gasteiger partial charge in [0, 0.05) is 25.8 Å². The molecule has 0 aliphatic carbocycles. The average molecular weight is 361 g/mol. The van der Waals surface area contributed by atoms with E-state index in [0.29, 0.717) is 37.7 Å². The van der Waals surface area contributed by atoms with E-state index >= 15 is 0 Å². The number of hydrogen-bond acceptors (Lipinski definition) is 4. The average Bonchev–Trinajstić information content (AvgIpc) is 2.99. The number of rotatable bonds is 6. The highest BCUT2D eigenvalue weighted by atomic mass is 19.1.